The molecule has 2 saturated heterocycles. The van der Waals surface area contributed by atoms with E-state index < -0.39 is 22.3 Å². The third-order valence-electron chi connectivity index (χ3n) is 5.66. The minimum absolute atomic E-state index is 0.0193. The Morgan fingerprint density at radius 2 is 1.88 bits per heavy atom. The van der Waals surface area contributed by atoms with Crippen molar-refractivity contribution in [2.45, 2.75) is 62.2 Å². The molecule has 32 heavy (non-hydrogen) atoms. The number of likely N-dealkylation sites (tertiary alicyclic amines) is 1. The van der Waals surface area contributed by atoms with Crippen LogP contribution in [0.5, 0.6) is 0 Å². The number of hydrogen-bond donors (Lipinski definition) is 1. The van der Waals surface area contributed by atoms with Crippen LogP contribution < -0.4 is 5.32 Å². The Morgan fingerprint density at radius 3 is 2.50 bits per heavy atom. The molecule has 1 aromatic carbocycles. The maximum Gasteiger partial charge on any atom is 0.322 e. The van der Waals surface area contributed by atoms with E-state index in [2.05, 4.69) is 5.32 Å². The predicted octanol–water partition coefficient (Wildman–Crippen LogP) is 1.24. The van der Waals surface area contributed by atoms with Crippen molar-refractivity contribution in [2.75, 3.05) is 19.4 Å². The van der Waals surface area contributed by atoms with Crippen molar-refractivity contribution in [3.05, 3.63) is 29.8 Å². The van der Waals surface area contributed by atoms with Crippen molar-refractivity contribution >= 4 is 38.9 Å². The summed E-state index contributed by atoms with van der Waals surface area (Å²) in [6.07, 6.45) is 0.691. The van der Waals surface area contributed by atoms with E-state index >= 15 is 0 Å². The molecule has 2 heterocycles. The van der Waals surface area contributed by atoms with Gasteiger partial charge in [-0.25, -0.2) is 0 Å². The molecule has 0 radical (unpaired) electrons. The molecule has 1 N–H and O–H groups in total. The summed E-state index contributed by atoms with van der Waals surface area (Å²) in [5.41, 5.74) is 0.921. The van der Waals surface area contributed by atoms with Crippen LogP contribution in [0.1, 0.15) is 31.7 Å². The average molecular weight is 485 g/mol. The molecule has 3 rings (SSSR count). The highest BCUT2D eigenvalue weighted by molar-refractivity contribution is 8.13. The number of carbonyl (C=O) groups is 3. The number of nitrogens with zero attached hydrogens (tertiary/aromatic N) is 1. The first-order valence-electron chi connectivity index (χ1n) is 10.4. The SMILES string of the molecule is COC(=O)[C@@H]1CC[C@@H](CSC(=O)[C@@H]2C[C@@H](OS(=O)(=O)c3ccc(C)cc3)CN2C(C)=O)N1. The Balaban J connectivity index is 1.59. The molecule has 1 amide bonds. The molecule has 2 aliphatic heterocycles. The molecular weight excluding hydrogens is 456 g/mol. The van der Waals surface area contributed by atoms with E-state index in [-0.39, 0.29) is 46.9 Å². The highest BCUT2D eigenvalue weighted by Crippen LogP contribution is 2.29. The molecule has 176 valence electrons. The number of methoxy groups -OCH3 is 1. The Bertz CT molecular complexity index is 965. The number of amides is 1. The molecule has 2 fully saturated rings. The molecular formula is C21H28N2O7S2. The molecule has 9 nitrogen and oxygen atoms in total. The number of ether oxygens (including phenoxy) is 1. The first-order valence-corrected chi connectivity index (χ1v) is 12.8. The highest BCUT2D eigenvalue weighted by atomic mass is 32.2. The second kappa shape index (κ2) is 10.3. The smallest absolute Gasteiger partial charge is 0.322 e. The Hall–Kier alpha value is -1.95. The minimum atomic E-state index is -4.01. The number of esters is 1. The molecule has 0 aromatic heterocycles. The lowest BCUT2D eigenvalue weighted by Gasteiger charge is -2.21. The number of benzene rings is 1. The van der Waals surface area contributed by atoms with E-state index in [9.17, 15) is 22.8 Å². The van der Waals surface area contributed by atoms with Crippen LogP contribution in [0.3, 0.4) is 0 Å². The summed E-state index contributed by atoms with van der Waals surface area (Å²) in [7, 11) is -2.67. The molecule has 1 aromatic rings. The zero-order valence-electron chi connectivity index (χ0n) is 18.3. The van der Waals surface area contributed by atoms with E-state index in [4.69, 9.17) is 8.92 Å². The van der Waals surface area contributed by atoms with Crippen LogP contribution in [0.4, 0.5) is 0 Å². The van der Waals surface area contributed by atoms with Crippen LogP contribution >= 0.6 is 11.8 Å². The van der Waals surface area contributed by atoms with Crippen LogP contribution in [0.25, 0.3) is 0 Å². The van der Waals surface area contributed by atoms with E-state index in [0.717, 1.165) is 23.7 Å². The predicted molar refractivity (Wildman–Crippen MR) is 118 cm³/mol. The lowest BCUT2D eigenvalue weighted by atomic mass is 10.2. The fourth-order valence-corrected chi connectivity index (χ4v) is 6.06. The Morgan fingerprint density at radius 1 is 1.19 bits per heavy atom. The van der Waals surface area contributed by atoms with Gasteiger partial charge >= 0.3 is 5.97 Å². The van der Waals surface area contributed by atoms with Gasteiger partial charge in [-0.05, 0) is 31.9 Å². The van der Waals surface area contributed by atoms with Gasteiger partial charge in [0.1, 0.15) is 12.1 Å². The standard InChI is InChI=1S/C21H28N2O7S2/c1-13-4-7-17(8-5-13)32(27,28)30-16-10-19(23(11-16)14(2)24)21(26)31-12-15-6-9-18(22-15)20(25)29-3/h4-5,7-8,15-16,18-19,22H,6,9-12H2,1-3H3/t15-,16+,18-,19-/m0/s1. The van der Waals surface area contributed by atoms with Gasteiger partial charge in [-0.3, -0.25) is 18.6 Å². The first-order chi connectivity index (χ1) is 15.1. The summed E-state index contributed by atoms with van der Waals surface area (Å²) in [6.45, 7) is 3.23. The maximum atomic E-state index is 12.9. The Labute approximate surface area is 192 Å². The van der Waals surface area contributed by atoms with Gasteiger partial charge in [0.25, 0.3) is 10.1 Å². The molecule has 0 saturated carbocycles. The van der Waals surface area contributed by atoms with Gasteiger partial charge < -0.3 is 15.0 Å². The molecule has 0 bridgehead atoms. The molecule has 2 aliphatic rings. The highest BCUT2D eigenvalue weighted by Gasteiger charge is 2.41. The van der Waals surface area contributed by atoms with Crippen molar-refractivity contribution in [3.8, 4) is 0 Å². The zero-order valence-corrected chi connectivity index (χ0v) is 19.9. The summed E-state index contributed by atoms with van der Waals surface area (Å²) in [6, 6.07) is 5.15. The lowest BCUT2D eigenvalue weighted by molar-refractivity contribution is -0.142. The van der Waals surface area contributed by atoms with Gasteiger partial charge in [-0.15, -0.1) is 0 Å². The number of thioether (sulfide) groups is 1. The van der Waals surface area contributed by atoms with Gasteiger partial charge in [0.15, 0.2) is 0 Å². The number of carbonyl (C=O) groups excluding carboxylic acids is 3. The number of rotatable bonds is 7. The van der Waals surface area contributed by atoms with Crippen molar-refractivity contribution in [1.82, 2.24) is 10.2 Å². The molecule has 4 atom stereocenters. The van der Waals surface area contributed by atoms with Crippen molar-refractivity contribution < 1.29 is 31.7 Å². The fraction of sp³-hybridized carbons (Fsp3) is 0.571. The van der Waals surface area contributed by atoms with Gasteiger partial charge in [0.2, 0.25) is 11.0 Å². The largest absolute Gasteiger partial charge is 0.468 e. The second-order valence-corrected chi connectivity index (χ2v) is 10.7. The van der Waals surface area contributed by atoms with Crippen LogP contribution in [0, 0.1) is 6.92 Å². The quantitative estimate of drug-likeness (QED) is 0.450. The second-order valence-electron chi connectivity index (χ2n) is 8.06. The molecule has 11 heteroatoms. The van der Waals surface area contributed by atoms with Gasteiger partial charge in [-0.2, -0.15) is 8.42 Å². The fourth-order valence-electron chi connectivity index (χ4n) is 3.94. The van der Waals surface area contributed by atoms with Crippen molar-refractivity contribution in [2.24, 2.45) is 0 Å². The van der Waals surface area contributed by atoms with E-state index in [1.54, 1.807) is 12.1 Å². The van der Waals surface area contributed by atoms with Crippen LogP contribution in [0.2, 0.25) is 0 Å². The lowest BCUT2D eigenvalue weighted by Crippen LogP contribution is -2.40. The normalized spacial score (nSPS) is 25.7. The zero-order chi connectivity index (χ0) is 23.5. The third kappa shape index (κ3) is 5.89. The topological polar surface area (TPSA) is 119 Å². The molecule has 0 aliphatic carbocycles. The minimum Gasteiger partial charge on any atom is -0.468 e. The number of nitrogens with one attached hydrogen (secondary N) is 1. The van der Waals surface area contributed by atoms with Crippen LogP contribution in [0.15, 0.2) is 29.2 Å². The van der Waals surface area contributed by atoms with E-state index in [0.29, 0.717) is 12.2 Å². The van der Waals surface area contributed by atoms with Crippen LogP contribution in [-0.2, 0) is 33.4 Å². The van der Waals surface area contributed by atoms with Crippen molar-refractivity contribution in [1.29, 1.82) is 0 Å². The summed E-state index contributed by atoms with van der Waals surface area (Å²) in [4.78, 5) is 38.0. The van der Waals surface area contributed by atoms with Gasteiger partial charge in [0, 0.05) is 31.7 Å². The van der Waals surface area contributed by atoms with E-state index in [1.165, 1.54) is 31.1 Å². The molecule has 0 unspecified atom stereocenters. The maximum absolute atomic E-state index is 12.9. The van der Waals surface area contributed by atoms with Gasteiger partial charge in [-0.1, -0.05) is 29.5 Å². The summed E-state index contributed by atoms with van der Waals surface area (Å²) >= 11 is 1.08. The first kappa shape index (κ1) is 24.7. The number of hydrogen-bond acceptors (Lipinski definition) is 9. The average Bonchev–Trinajstić information content (AvgIpc) is 3.39. The summed E-state index contributed by atoms with van der Waals surface area (Å²) < 4.78 is 35.3. The van der Waals surface area contributed by atoms with Crippen molar-refractivity contribution in [3.63, 3.8) is 0 Å². The van der Waals surface area contributed by atoms with Crippen LogP contribution in [-0.4, -0.2) is 73.9 Å². The molecule has 0 spiro atoms. The Kier molecular flexibility index (Phi) is 7.97. The van der Waals surface area contributed by atoms with Gasteiger partial charge in [0.05, 0.1) is 18.1 Å². The summed E-state index contributed by atoms with van der Waals surface area (Å²) in [5.74, 6) is -0.188. The monoisotopic (exact) mass is 484 g/mol. The summed E-state index contributed by atoms with van der Waals surface area (Å²) in [5, 5.41) is 2.93. The third-order valence-corrected chi connectivity index (χ3v) is 8.17. The van der Waals surface area contributed by atoms with E-state index in [1.807, 2.05) is 6.92 Å². The number of aryl methyl sites for hydroxylation is 1.